The van der Waals surface area contributed by atoms with Gasteiger partial charge in [-0.15, -0.1) is 0 Å². The van der Waals surface area contributed by atoms with Crippen molar-refractivity contribution in [2.24, 2.45) is 5.92 Å². The van der Waals surface area contributed by atoms with Gasteiger partial charge in [0, 0.05) is 6.42 Å². The summed E-state index contributed by atoms with van der Waals surface area (Å²) in [7, 11) is 0. The van der Waals surface area contributed by atoms with E-state index in [4.69, 9.17) is 9.47 Å². The number of nitrogens with one attached hydrogen (secondary N) is 1. The van der Waals surface area contributed by atoms with Gasteiger partial charge in [-0.3, -0.25) is 14.4 Å². The van der Waals surface area contributed by atoms with Gasteiger partial charge >= 0.3 is 11.9 Å². The van der Waals surface area contributed by atoms with E-state index >= 15 is 0 Å². The van der Waals surface area contributed by atoms with E-state index < -0.39 is 5.97 Å². The standard InChI is InChI=1S/C23H41NO5/c1-3-5-7-8-9-10-11-12-13-14-19(28-22(26)17-24-18-25)16-21-20(15-6-4-2)23(27)29-21/h18-21H,3-17H2,1-2H3,(H,24,25)/t19?,20-,21-/m0/s1. The number of amides is 1. The normalized spacial score (nSPS) is 19.2. The second-order valence-electron chi connectivity index (χ2n) is 8.19. The zero-order valence-corrected chi connectivity index (χ0v) is 18.5. The third kappa shape index (κ3) is 11.2. The molecular formula is C23H41NO5. The number of hydrogen-bond donors (Lipinski definition) is 1. The van der Waals surface area contributed by atoms with E-state index in [1.54, 1.807) is 0 Å². The molecule has 0 aromatic heterocycles. The van der Waals surface area contributed by atoms with Crippen molar-refractivity contribution in [2.45, 2.75) is 116 Å². The van der Waals surface area contributed by atoms with Crippen LogP contribution < -0.4 is 5.32 Å². The second-order valence-corrected chi connectivity index (χ2v) is 8.19. The molecule has 0 bridgehead atoms. The molecule has 1 saturated heterocycles. The summed E-state index contributed by atoms with van der Waals surface area (Å²) in [6, 6.07) is 0. The predicted molar refractivity (Wildman–Crippen MR) is 113 cm³/mol. The van der Waals surface area contributed by atoms with Crippen molar-refractivity contribution in [3.8, 4) is 0 Å². The maximum atomic E-state index is 11.9. The number of esters is 2. The molecule has 168 valence electrons. The van der Waals surface area contributed by atoms with Crippen LogP contribution in [0.3, 0.4) is 0 Å². The SMILES string of the molecule is CCCCCCCCCCCC(C[C@@H]1OC(=O)[C@H]1CCCC)OC(=O)CNC=O. The summed E-state index contributed by atoms with van der Waals surface area (Å²) >= 11 is 0. The fourth-order valence-electron chi connectivity index (χ4n) is 3.86. The van der Waals surface area contributed by atoms with Gasteiger partial charge in [-0.25, -0.2) is 0 Å². The zero-order valence-electron chi connectivity index (χ0n) is 18.5. The Balaban J connectivity index is 2.34. The minimum atomic E-state index is -0.436. The fraction of sp³-hybridized carbons (Fsp3) is 0.870. The summed E-state index contributed by atoms with van der Waals surface area (Å²) in [5.41, 5.74) is 0. The van der Waals surface area contributed by atoms with Gasteiger partial charge in [0.2, 0.25) is 6.41 Å². The Hall–Kier alpha value is -1.59. The Bertz CT molecular complexity index is 468. The Morgan fingerprint density at radius 3 is 2.24 bits per heavy atom. The molecule has 1 unspecified atom stereocenters. The average Bonchev–Trinajstić information content (AvgIpc) is 2.70. The molecule has 1 amide bonds. The van der Waals surface area contributed by atoms with Gasteiger partial charge in [-0.05, 0) is 19.3 Å². The van der Waals surface area contributed by atoms with Crippen molar-refractivity contribution in [3.05, 3.63) is 0 Å². The first kappa shape index (κ1) is 25.4. The van der Waals surface area contributed by atoms with Crippen LogP contribution in [0.2, 0.25) is 0 Å². The minimum Gasteiger partial charge on any atom is -0.461 e. The van der Waals surface area contributed by atoms with Crippen LogP contribution in [0.1, 0.15) is 104 Å². The van der Waals surface area contributed by atoms with E-state index in [1.807, 2.05) is 0 Å². The van der Waals surface area contributed by atoms with Gasteiger partial charge in [-0.2, -0.15) is 0 Å². The highest BCUT2D eigenvalue weighted by Gasteiger charge is 2.43. The number of carbonyl (C=O) groups is 3. The third-order valence-corrected chi connectivity index (χ3v) is 5.64. The van der Waals surface area contributed by atoms with Gasteiger partial charge in [0.05, 0.1) is 5.92 Å². The highest BCUT2D eigenvalue weighted by molar-refractivity contribution is 5.78. The molecule has 1 heterocycles. The van der Waals surface area contributed by atoms with Crippen LogP contribution in [-0.4, -0.2) is 37.1 Å². The smallest absolute Gasteiger partial charge is 0.325 e. The molecule has 3 atom stereocenters. The fourth-order valence-corrected chi connectivity index (χ4v) is 3.86. The molecule has 0 aliphatic carbocycles. The molecule has 0 radical (unpaired) electrons. The molecule has 0 saturated carbocycles. The summed E-state index contributed by atoms with van der Waals surface area (Å²) in [5, 5.41) is 2.34. The predicted octanol–water partition coefficient (Wildman–Crippen LogP) is 4.69. The Morgan fingerprint density at radius 2 is 1.66 bits per heavy atom. The Kier molecular flexibility index (Phi) is 14.2. The Morgan fingerprint density at radius 1 is 1.03 bits per heavy atom. The van der Waals surface area contributed by atoms with Crippen molar-refractivity contribution in [1.29, 1.82) is 0 Å². The maximum Gasteiger partial charge on any atom is 0.325 e. The molecule has 1 aliphatic rings. The number of cyclic esters (lactones) is 1. The van der Waals surface area contributed by atoms with Crippen LogP contribution in [-0.2, 0) is 23.9 Å². The van der Waals surface area contributed by atoms with Gasteiger partial charge < -0.3 is 14.8 Å². The van der Waals surface area contributed by atoms with Crippen molar-refractivity contribution >= 4 is 18.3 Å². The van der Waals surface area contributed by atoms with E-state index in [-0.39, 0.29) is 30.6 Å². The number of hydrogen-bond acceptors (Lipinski definition) is 5. The van der Waals surface area contributed by atoms with Crippen LogP contribution in [0.4, 0.5) is 0 Å². The lowest BCUT2D eigenvalue weighted by atomic mass is 9.87. The van der Waals surface area contributed by atoms with Gasteiger partial charge in [0.1, 0.15) is 18.8 Å². The first-order chi connectivity index (χ1) is 14.1. The largest absolute Gasteiger partial charge is 0.461 e. The lowest BCUT2D eigenvalue weighted by Crippen LogP contribution is -2.47. The summed E-state index contributed by atoms with van der Waals surface area (Å²) in [6.45, 7) is 4.21. The number of unbranched alkanes of at least 4 members (excludes halogenated alkanes) is 9. The van der Waals surface area contributed by atoms with Crippen molar-refractivity contribution < 1.29 is 23.9 Å². The molecule has 6 heteroatoms. The van der Waals surface area contributed by atoms with E-state index in [0.29, 0.717) is 12.8 Å². The maximum absolute atomic E-state index is 11.9. The van der Waals surface area contributed by atoms with E-state index in [2.05, 4.69) is 19.2 Å². The number of carbonyl (C=O) groups excluding carboxylic acids is 3. The summed E-state index contributed by atoms with van der Waals surface area (Å²) in [4.78, 5) is 34.1. The van der Waals surface area contributed by atoms with Gasteiger partial charge in [0.15, 0.2) is 0 Å². The molecule has 1 aliphatic heterocycles. The molecule has 0 spiro atoms. The van der Waals surface area contributed by atoms with Crippen LogP contribution in [0.15, 0.2) is 0 Å². The van der Waals surface area contributed by atoms with Crippen molar-refractivity contribution in [2.75, 3.05) is 6.54 Å². The highest BCUT2D eigenvalue weighted by atomic mass is 16.6. The molecule has 29 heavy (non-hydrogen) atoms. The number of ether oxygens (including phenoxy) is 2. The van der Waals surface area contributed by atoms with Crippen molar-refractivity contribution in [1.82, 2.24) is 5.32 Å². The molecule has 6 nitrogen and oxygen atoms in total. The molecule has 0 aromatic rings. The van der Waals surface area contributed by atoms with E-state index in [9.17, 15) is 14.4 Å². The minimum absolute atomic E-state index is 0.0626. The summed E-state index contributed by atoms with van der Waals surface area (Å²) in [5.74, 6) is -0.625. The quantitative estimate of drug-likeness (QED) is 0.189. The molecule has 1 fully saturated rings. The third-order valence-electron chi connectivity index (χ3n) is 5.64. The highest BCUT2D eigenvalue weighted by Crippen LogP contribution is 2.32. The van der Waals surface area contributed by atoms with Crippen LogP contribution in [0.25, 0.3) is 0 Å². The summed E-state index contributed by atoms with van der Waals surface area (Å²) in [6.07, 6.45) is 15.5. The topological polar surface area (TPSA) is 81.7 Å². The lowest BCUT2D eigenvalue weighted by Gasteiger charge is -2.37. The van der Waals surface area contributed by atoms with Crippen molar-refractivity contribution in [3.63, 3.8) is 0 Å². The van der Waals surface area contributed by atoms with Crippen LogP contribution >= 0.6 is 0 Å². The second kappa shape index (κ2) is 16.2. The zero-order chi connectivity index (χ0) is 21.3. The number of rotatable bonds is 19. The lowest BCUT2D eigenvalue weighted by molar-refractivity contribution is -0.190. The molecule has 1 rings (SSSR count). The summed E-state index contributed by atoms with van der Waals surface area (Å²) < 4.78 is 10.9. The Labute approximate surface area is 176 Å². The first-order valence-corrected chi connectivity index (χ1v) is 11.7. The van der Waals surface area contributed by atoms with Crippen LogP contribution in [0.5, 0.6) is 0 Å². The average molecular weight is 412 g/mol. The monoisotopic (exact) mass is 411 g/mol. The molecular weight excluding hydrogens is 370 g/mol. The van der Waals surface area contributed by atoms with E-state index in [1.165, 1.54) is 44.9 Å². The van der Waals surface area contributed by atoms with Gasteiger partial charge in [-0.1, -0.05) is 78.1 Å². The molecule has 1 N–H and O–H groups in total. The van der Waals surface area contributed by atoms with E-state index in [0.717, 1.165) is 38.5 Å². The first-order valence-electron chi connectivity index (χ1n) is 11.7. The van der Waals surface area contributed by atoms with Crippen LogP contribution in [0, 0.1) is 5.92 Å². The van der Waals surface area contributed by atoms with Gasteiger partial charge in [0.25, 0.3) is 0 Å². The molecule has 0 aromatic carbocycles.